The standard InChI is InChI=1S/C42H27N3.2C35H22N4/c1-4-10-28(11-5-1)35-24-18-30-21-27-38-36(25-19-31-20-26-37(35)39(30)40(31)38)29-16-22-34(23-17-29)45-41(32-12-6-2-7-13-32)43-44-42(45)33-14-8-3-9-15-33;1-3-9-25(10-4-1)34-37-38-35(26-11-5-2-6-12-26)39(34)31-21-17-24-15-19-28-27(30-13-7-8-22-36-30)18-14-23-16-20-29(31)33(24)32(23)28;1-3-8-25(9-4-1)34-37-38-35(26-10-5-2-6-11-26)39(34)31-20-16-24-14-18-29-28(27-12-7-21-36-22-27)17-13-23-15-19-30(31)33(24)32(23)29/h1-27H;2*1-22H. The summed E-state index contributed by atoms with van der Waals surface area (Å²) in [6.07, 6.45) is 5.61. The zero-order valence-corrected chi connectivity index (χ0v) is 66.4. The van der Waals surface area contributed by atoms with Crippen molar-refractivity contribution in [2.75, 3.05) is 0 Å². The van der Waals surface area contributed by atoms with Gasteiger partial charge in [0.25, 0.3) is 0 Å². The summed E-state index contributed by atoms with van der Waals surface area (Å²) in [5.41, 5.74) is 18.6. The van der Waals surface area contributed by atoms with Gasteiger partial charge in [-0.1, -0.05) is 370 Å². The Balaban J connectivity index is 0.000000107. The number of hydrogen-bond donors (Lipinski definition) is 0. The van der Waals surface area contributed by atoms with Gasteiger partial charge >= 0.3 is 0 Å². The smallest absolute Gasteiger partial charge is 0.168 e. The molecule has 20 aromatic carbocycles. The number of pyridine rings is 2. The zero-order valence-electron chi connectivity index (χ0n) is 66.4. The van der Waals surface area contributed by atoms with E-state index >= 15 is 0 Å². The molecule has 25 rings (SSSR count). The third-order valence-corrected chi connectivity index (χ3v) is 24.0. The van der Waals surface area contributed by atoms with Crippen molar-refractivity contribution >= 4 is 97.0 Å². The van der Waals surface area contributed by atoms with Crippen LogP contribution in [0.15, 0.2) is 431 Å². The highest BCUT2D eigenvalue weighted by Crippen LogP contribution is 2.48. The molecule has 5 aromatic heterocycles. The van der Waals surface area contributed by atoms with Crippen LogP contribution in [-0.2, 0) is 0 Å². The van der Waals surface area contributed by atoms with Crippen LogP contribution in [-0.4, -0.2) is 54.3 Å². The Bertz CT molecular complexity index is 7690. The Labute approximate surface area is 707 Å². The van der Waals surface area contributed by atoms with Gasteiger partial charge in [0, 0.05) is 79.6 Å². The maximum absolute atomic E-state index is 4.71. The minimum atomic E-state index is 0.818. The molecule has 0 aliphatic heterocycles. The van der Waals surface area contributed by atoms with Crippen molar-refractivity contribution in [3.63, 3.8) is 0 Å². The fourth-order valence-electron chi connectivity index (χ4n) is 18.4. The Hall–Kier alpha value is -16.8. The minimum absolute atomic E-state index is 0.818. The summed E-state index contributed by atoms with van der Waals surface area (Å²) in [6, 6.07) is 145. The van der Waals surface area contributed by atoms with E-state index in [1.165, 1.54) is 119 Å². The molecule has 5 heterocycles. The fraction of sp³-hybridized carbons (Fsp3) is 0. The van der Waals surface area contributed by atoms with Crippen LogP contribution < -0.4 is 0 Å². The molecule has 0 aliphatic carbocycles. The second-order valence-electron chi connectivity index (χ2n) is 31.0. The number of rotatable bonds is 13. The number of aromatic nitrogens is 11. The molecule has 25 aromatic rings. The second-order valence-corrected chi connectivity index (χ2v) is 31.0. The van der Waals surface area contributed by atoms with Crippen molar-refractivity contribution in [3.8, 4) is 130 Å². The van der Waals surface area contributed by atoms with E-state index in [9.17, 15) is 0 Å². The van der Waals surface area contributed by atoms with Crippen molar-refractivity contribution in [2.24, 2.45) is 0 Å². The van der Waals surface area contributed by atoms with Crippen molar-refractivity contribution < 1.29 is 0 Å². The van der Waals surface area contributed by atoms with E-state index in [1.807, 2.05) is 146 Å². The van der Waals surface area contributed by atoms with Gasteiger partial charge in [-0.2, -0.15) is 0 Å². The van der Waals surface area contributed by atoms with E-state index in [1.54, 1.807) is 0 Å². The lowest BCUT2D eigenvalue weighted by molar-refractivity contribution is 1.07. The lowest BCUT2D eigenvalue weighted by Crippen LogP contribution is -2.02. The molecule has 0 spiro atoms. The quantitative estimate of drug-likeness (QED) is 0.105. The van der Waals surface area contributed by atoms with Gasteiger partial charge in [-0.05, 0) is 156 Å². The van der Waals surface area contributed by atoms with E-state index in [2.05, 4.69) is 319 Å². The molecule has 0 radical (unpaired) electrons. The van der Waals surface area contributed by atoms with Crippen LogP contribution in [0, 0.1) is 0 Å². The predicted octanol–water partition coefficient (Wildman–Crippen LogP) is 28.0. The Kier molecular flexibility index (Phi) is 17.6. The van der Waals surface area contributed by atoms with Crippen molar-refractivity contribution in [1.29, 1.82) is 0 Å². The third kappa shape index (κ3) is 12.4. The lowest BCUT2D eigenvalue weighted by Gasteiger charge is -2.18. The van der Waals surface area contributed by atoms with Crippen LogP contribution in [0.4, 0.5) is 0 Å². The molecule has 0 atom stereocenters. The molecule has 0 saturated carbocycles. The van der Waals surface area contributed by atoms with Gasteiger partial charge in [0.2, 0.25) is 0 Å². The minimum Gasteiger partial charge on any atom is -0.275 e. The first-order chi connectivity index (χ1) is 61.1. The van der Waals surface area contributed by atoms with Crippen LogP contribution in [0.3, 0.4) is 0 Å². The number of benzene rings is 20. The first kappa shape index (κ1) is 71.5. The van der Waals surface area contributed by atoms with E-state index < -0.39 is 0 Å². The molecule has 11 nitrogen and oxygen atoms in total. The summed E-state index contributed by atoms with van der Waals surface area (Å²) in [7, 11) is 0. The number of nitrogens with zero attached hydrogens (tertiary/aromatic N) is 11. The van der Waals surface area contributed by atoms with E-state index in [4.69, 9.17) is 20.4 Å². The van der Waals surface area contributed by atoms with Crippen LogP contribution in [0.2, 0.25) is 0 Å². The molecular formula is C112H71N11. The lowest BCUT2D eigenvalue weighted by atomic mass is 9.87. The molecule has 0 amide bonds. The molecule has 0 bridgehead atoms. The molecule has 0 fully saturated rings. The highest BCUT2D eigenvalue weighted by Gasteiger charge is 2.26. The second kappa shape index (κ2) is 30.3. The topological polar surface area (TPSA) is 118 Å². The summed E-state index contributed by atoms with van der Waals surface area (Å²) in [6.45, 7) is 0. The maximum Gasteiger partial charge on any atom is 0.168 e. The Morgan fingerprint density at radius 3 is 0.772 bits per heavy atom. The summed E-state index contributed by atoms with van der Waals surface area (Å²) in [4.78, 5) is 9.04. The van der Waals surface area contributed by atoms with Gasteiger partial charge in [-0.3, -0.25) is 23.7 Å². The van der Waals surface area contributed by atoms with Gasteiger partial charge in [0.1, 0.15) is 0 Å². The maximum atomic E-state index is 4.71. The first-order valence-corrected chi connectivity index (χ1v) is 41.4. The number of hydrogen-bond acceptors (Lipinski definition) is 8. The summed E-state index contributed by atoms with van der Waals surface area (Å²) >= 11 is 0. The van der Waals surface area contributed by atoms with Crippen LogP contribution in [0.25, 0.3) is 227 Å². The van der Waals surface area contributed by atoms with Gasteiger partial charge in [0.05, 0.1) is 17.1 Å². The summed E-state index contributed by atoms with van der Waals surface area (Å²) in [5, 5.41) is 50.5. The largest absolute Gasteiger partial charge is 0.275 e. The molecule has 123 heavy (non-hydrogen) atoms. The predicted molar refractivity (Wildman–Crippen MR) is 505 cm³/mol. The Morgan fingerprint density at radius 2 is 0.439 bits per heavy atom. The van der Waals surface area contributed by atoms with Crippen LogP contribution >= 0.6 is 0 Å². The van der Waals surface area contributed by atoms with Gasteiger partial charge in [0.15, 0.2) is 34.9 Å². The van der Waals surface area contributed by atoms with Crippen molar-refractivity contribution in [2.45, 2.75) is 0 Å². The van der Waals surface area contributed by atoms with Crippen LogP contribution in [0.5, 0.6) is 0 Å². The van der Waals surface area contributed by atoms with Crippen molar-refractivity contribution in [1.82, 2.24) is 54.3 Å². The molecule has 0 saturated heterocycles. The summed E-state index contributed by atoms with van der Waals surface area (Å²) in [5.74, 6) is 4.91. The van der Waals surface area contributed by atoms with Gasteiger partial charge in [-0.25, -0.2) is 0 Å². The van der Waals surface area contributed by atoms with E-state index in [-0.39, 0.29) is 0 Å². The van der Waals surface area contributed by atoms with E-state index in [0.717, 1.165) is 108 Å². The average Bonchev–Trinajstić information content (AvgIpc) is 1.72. The molecule has 11 heteroatoms. The molecule has 0 unspecified atom stereocenters. The SMILES string of the molecule is c1ccc(-c2ccc3ccc4c(-c5ccc(-n6c(-c7ccccc7)nnc6-c6ccccc6)cc5)ccc5ccc2c3c54)cc1.c1ccc(-c2nnc(-c3ccccc3)n2-c2ccc3ccc4c(-c5ccccn5)ccc5ccc2c3c54)cc1.c1ccc(-c2nnc(-c3ccccc3)n2-c2ccc3ccc4c(-c5cccnc5)ccc5ccc2c3c54)cc1. The average molecular weight is 1570 g/mol. The monoisotopic (exact) mass is 1570 g/mol. The summed E-state index contributed by atoms with van der Waals surface area (Å²) < 4.78 is 6.57. The van der Waals surface area contributed by atoms with Gasteiger partial charge < -0.3 is 0 Å². The van der Waals surface area contributed by atoms with Gasteiger partial charge in [-0.15, -0.1) is 30.6 Å². The fourth-order valence-corrected chi connectivity index (χ4v) is 18.4. The molecule has 0 aliphatic rings. The molecule has 0 N–H and O–H groups in total. The zero-order chi connectivity index (χ0) is 81.3. The Morgan fingerprint density at radius 1 is 0.171 bits per heavy atom. The molecular weight excluding hydrogens is 1500 g/mol. The molecule has 574 valence electrons. The highest BCUT2D eigenvalue weighted by atomic mass is 15.3. The highest BCUT2D eigenvalue weighted by molar-refractivity contribution is 6.30. The first-order valence-electron chi connectivity index (χ1n) is 41.4. The normalized spacial score (nSPS) is 11.6. The van der Waals surface area contributed by atoms with E-state index in [0.29, 0.717) is 0 Å². The van der Waals surface area contributed by atoms with Crippen molar-refractivity contribution in [3.05, 3.63) is 431 Å². The van der Waals surface area contributed by atoms with Crippen LogP contribution in [0.1, 0.15) is 0 Å². The third-order valence-electron chi connectivity index (χ3n) is 24.0.